The van der Waals surface area contributed by atoms with Crippen molar-refractivity contribution in [2.75, 3.05) is 10.6 Å². The third-order valence-corrected chi connectivity index (χ3v) is 3.38. The van der Waals surface area contributed by atoms with Crippen molar-refractivity contribution in [3.63, 3.8) is 0 Å². The molecule has 0 unspecified atom stereocenters. The van der Waals surface area contributed by atoms with Gasteiger partial charge >= 0.3 is 6.03 Å². The van der Waals surface area contributed by atoms with Crippen LogP contribution in [0, 0.1) is 0 Å². The fourth-order valence-corrected chi connectivity index (χ4v) is 2.09. The number of carbonyl (C=O) groups excluding carboxylic acids is 2. The molecule has 3 amide bonds. The van der Waals surface area contributed by atoms with Gasteiger partial charge in [0.2, 0.25) is 0 Å². The molecule has 24 heavy (non-hydrogen) atoms. The van der Waals surface area contributed by atoms with Crippen molar-refractivity contribution >= 4 is 46.5 Å². The molecule has 5 nitrogen and oxygen atoms in total. The number of halogens is 2. The van der Waals surface area contributed by atoms with Crippen molar-refractivity contribution in [1.82, 2.24) is 5.32 Å². The zero-order valence-corrected chi connectivity index (χ0v) is 14.3. The molecule has 2 aromatic carbocycles. The van der Waals surface area contributed by atoms with Gasteiger partial charge in [-0.2, -0.15) is 0 Å². The first-order valence-corrected chi connectivity index (χ1v) is 7.76. The van der Waals surface area contributed by atoms with E-state index in [9.17, 15) is 9.59 Å². The van der Waals surface area contributed by atoms with Gasteiger partial charge in [0.05, 0.1) is 0 Å². The van der Waals surface area contributed by atoms with Crippen molar-refractivity contribution in [3.05, 3.63) is 70.3 Å². The molecule has 0 radical (unpaired) electrons. The van der Waals surface area contributed by atoms with Crippen LogP contribution < -0.4 is 16.0 Å². The van der Waals surface area contributed by atoms with Crippen molar-refractivity contribution < 1.29 is 9.59 Å². The zero-order valence-electron chi connectivity index (χ0n) is 12.8. The summed E-state index contributed by atoms with van der Waals surface area (Å²) in [5.41, 5.74) is 1.89. The smallest absolute Gasteiger partial charge is 0.326 e. The summed E-state index contributed by atoms with van der Waals surface area (Å²) in [6.07, 6.45) is 1.29. The summed E-state index contributed by atoms with van der Waals surface area (Å²) in [6.45, 7) is 1.71. The van der Waals surface area contributed by atoms with Crippen LogP contribution in [-0.4, -0.2) is 11.9 Å². The van der Waals surface area contributed by atoms with Gasteiger partial charge in [0.1, 0.15) is 0 Å². The van der Waals surface area contributed by atoms with E-state index in [1.54, 1.807) is 55.5 Å². The molecule has 0 heterocycles. The maximum Gasteiger partial charge on any atom is 0.326 e. The van der Waals surface area contributed by atoms with Crippen molar-refractivity contribution in [3.8, 4) is 0 Å². The summed E-state index contributed by atoms with van der Waals surface area (Å²) < 4.78 is 0. The Bertz CT molecular complexity index is 756. The number of allylic oxidation sites excluding steroid dienone is 1. The van der Waals surface area contributed by atoms with Gasteiger partial charge in [0.15, 0.2) is 0 Å². The van der Waals surface area contributed by atoms with Crippen LogP contribution in [0.3, 0.4) is 0 Å². The first-order chi connectivity index (χ1) is 11.4. The second-order valence-electron chi connectivity index (χ2n) is 4.91. The maximum absolute atomic E-state index is 11.8. The van der Waals surface area contributed by atoms with Crippen molar-refractivity contribution in [2.24, 2.45) is 0 Å². The topological polar surface area (TPSA) is 70.2 Å². The Kier molecular flexibility index (Phi) is 6.23. The van der Waals surface area contributed by atoms with Gasteiger partial charge in [-0.05, 0) is 55.5 Å². The van der Waals surface area contributed by atoms with Gasteiger partial charge in [-0.1, -0.05) is 23.2 Å². The maximum atomic E-state index is 11.8. The molecule has 0 bridgehead atoms. The summed E-state index contributed by atoms with van der Waals surface area (Å²) >= 11 is 11.6. The van der Waals surface area contributed by atoms with Crippen LogP contribution in [0.4, 0.5) is 16.2 Å². The number of hydrogen-bond acceptors (Lipinski definition) is 3. The normalized spacial score (nSPS) is 10.9. The molecule has 0 atom stereocenters. The highest BCUT2D eigenvalue weighted by atomic mass is 35.5. The fraction of sp³-hybridized carbons (Fsp3) is 0.0588. The Labute approximate surface area is 149 Å². The van der Waals surface area contributed by atoms with Gasteiger partial charge in [-0.15, -0.1) is 0 Å². The number of rotatable bonds is 4. The second kappa shape index (κ2) is 8.38. The van der Waals surface area contributed by atoms with E-state index in [2.05, 4.69) is 16.0 Å². The highest BCUT2D eigenvalue weighted by Gasteiger charge is 2.06. The molecule has 0 saturated heterocycles. The highest BCUT2D eigenvalue weighted by Crippen LogP contribution is 2.15. The molecule has 124 valence electrons. The molecule has 2 aromatic rings. The molecule has 7 heteroatoms. The summed E-state index contributed by atoms with van der Waals surface area (Å²) in [5.74, 6) is -0.541. The van der Waals surface area contributed by atoms with Gasteiger partial charge in [0, 0.05) is 33.2 Å². The lowest BCUT2D eigenvalue weighted by Crippen LogP contribution is -2.33. The average Bonchev–Trinajstić information content (AvgIpc) is 2.51. The van der Waals surface area contributed by atoms with E-state index >= 15 is 0 Å². The number of imide groups is 1. The minimum atomic E-state index is -0.627. The van der Waals surface area contributed by atoms with E-state index in [1.807, 2.05) is 0 Å². The van der Waals surface area contributed by atoms with Crippen molar-refractivity contribution in [2.45, 2.75) is 6.92 Å². The minimum Gasteiger partial charge on any atom is -0.359 e. The first kappa shape index (κ1) is 17.8. The van der Waals surface area contributed by atoms with E-state index in [1.165, 1.54) is 6.08 Å². The highest BCUT2D eigenvalue weighted by molar-refractivity contribution is 6.30. The number of anilines is 2. The number of urea groups is 1. The predicted molar refractivity (Wildman–Crippen MR) is 97.4 cm³/mol. The summed E-state index contributed by atoms with van der Waals surface area (Å²) in [6, 6.07) is 12.9. The molecule has 0 fully saturated rings. The third-order valence-electron chi connectivity index (χ3n) is 2.87. The van der Waals surface area contributed by atoms with E-state index < -0.39 is 11.9 Å². The molecule has 0 aliphatic heterocycles. The SMILES string of the molecule is C/C(=C\C(=O)NC(=O)Nc1ccc(Cl)cc1)Nc1ccc(Cl)cc1. The Morgan fingerprint density at radius 1 is 0.833 bits per heavy atom. The Morgan fingerprint density at radius 3 is 1.79 bits per heavy atom. The number of benzene rings is 2. The first-order valence-electron chi connectivity index (χ1n) is 7.01. The molecule has 0 spiro atoms. The lowest BCUT2D eigenvalue weighted by Gasteiger charge is -2.08. The monoisotopic (exact) mass is 363 g/mol. The molecule has 0 saturated carbocycles. The van der Waals surface area contributed by atoms with Gasteiger partial charge in [-0.25, -0.2) is 4.79 Å². The lowest BCUT2D eigenvalue weighted by atomic mass is 10.3. The van der Waals surface area contributed by atoms with Crippen LogP contribution in [0.5, 0.6) is 0 Å². The molecule has 0 aliphatic carbocycles. The van der Waals surface area contributed by atoms with E-state index in [4.69, 9.17) is 23.2 Å². The molecular weight excluding hydrogens is 349 g/mol. The molecule has 2 rings (SSSR count). The number of amides is 3. The number of carbonyl (C=O) groups is 2. The number of hydrogen-bond donors (Lipinski definition) is 3. The summed E-state index contributed by atoms with van der Waals surface area (Å²) in [4.78, 5) is 23.6. The van der Waals surface area contributed by atoms with Crippen LogP contribution in [-0.2, 0) is 4.79 Å². The Morgan fingerprint density at radius 2 is 1.29 bits per heavy atom. The van der Waals surface area contributed by atoms with Crippen LogP contribution in [0.1, 0.15) is 6.92 Å². The quantitative estimate of drug-likeness (QED) is 0.692. The molecule has 0 aromatic heterocycles. The predicted octanol–water partition coefficient (Wildman–Crippen LogP) is 4.66. The van der Waals surface area contributed by atoms with Crippen LogP contribution in [0.25, 0.3) is 0 Å². The zero-order chi connectivity index (χ0) is 17.5. The van der Waals surface area contributed by atoms with Gasteiger partial charge in [-0.3, -0.25) is 10.1 Å². The lowest BCUT2D eigenvalue weighted by molar-refractivity contribution is -0.115. The summed E-state index contributed by atoms with van der Waals surface area (Å²) in [5, 5.41) is 8.95. The molecular formula is C17H15Cl2N3O2. The van der Waals surface area contributed by atoms with E-state index in [0.29, 0.717) is 21.4 Å². The van der Waals surface area contributed by atoms with Gasteiger partial charge < -0.3 is 10.6 Å². The van der Waals surface area contributed by atoms with Crippen LogP contribution in [0.15, 0.2) is 60.3 Å². The molecule has 3 N–H and O–H groups in total. The number of nitrogens with one attached hydrogen (secondary N) is 3. The largest absolute Gasteiger partial charge is 0.359 e. The molecule has 0 aliphatic rings. The third kappa shape index (κ3) is 5.95. The van der Waals surface area contributed by atoms with Crippen LogP contribution in [0.2, 0.25) is 10.0 Å². The van der Waals surface area contributed by atoms with E-state index in [0.717, 1.165) is 5.69 Å². The second-order valence-corrected chi connectivity index (χ2v) is 5.78. The average molecular weight is 364 g/mol. The van der Waals surface area contributed by atoms with Crippen LogP contribution >= 0.6 is 23.2 Å². The summed E-state index contributed by atoms with van der Waals surface area (Å²) in [7, 11) is 0. The Balaban J connectivity index is 1.87. The van der Waals surface area contributed by atoms with E-state index in [-0.39, 0.29) is 0 Å². The Hall–Kier alpha value is -2.50. The standard InChI is InChI=1S/C17H15Cl2N3O2/c1-11(20-14-6-2-12(18)3-7-14)10-16(23)22-17(24)21-15-8-4-13(19)5-9-15/h2-10,20H,1H3,(H2,21,22,23,24)/b11-10+. The van der Waals surface area contributed by atoms with Crippen molar-refractivity contribution in [1.29, 1.82) is 0 Å². The van der Waals surface area contributed by atoms with Gasteiger partial charge in [0.25, 0.3) is 5.91 Å². The minimum absolute atomic E-state index is 0.532. The fourth-order valence-electron chi connectivity index (χ4n) is 1.84.